The first-order chi connectivity index (χ1) is 9.04. The molecule has 1 heterocycles. The molecular formula is C13H12Cl2N2O2. The third-order valence-electron chi connectivity index (χ3n) is 2.75. The smallest absolute Gasteiger partial charge is 0.123 e. The van der Waals surface area contributed by atoms with Crippen molar-refractivity contribution in [3.05, 3.63) is 57.3 Å². The molecule has 0 saturated carbocycles. The van der Waals surface area contributed by atoms with Gasteiger partial charge in [0, 0.05) is 18.3 Å². The Labute approximate surface area is 120 Å². The van der Waals surface area contributed by atoms with Crippen molar-refractivity contribution in [2.45, 2.75) is 12.6 Å². The number of benzene rings is 1. The number of aliphatic hydroxyl groups excluding tert-OH is 1. The summed E-state index contributed by atoms with van der Waals surface area (Å²) in [5.41, 5.74) is 6.84. The van der Waals surface area contributed by atoms with Crippen molar-refractivity contribution >= 4 is 23.2 Å². The highest BCUT2D eigenvalue weighted by Crippen LogP contribution is 2.39. The molecule has 0 radical (unpaired) electrons. The van der Waals surface area contributed by atoms with Crippen LogP contribution in [-0.4, -0.2) is 15.2 Å². The molecule has 0 bridgehead atoms. The van der Waals surface area contributed by atoms with Gasteiger partial charge in [0.25, 0.3) is 0 Å². The number of aromatic nitrogens is 1. The van der Waals surface area contributed by atoms with Crippen LogP contribution in [0.5, 0.6) is 5.75 Å². The summed E-state index contributed by atoms with van der Waals surface area (Å²) in [6.45, 7) is 0.260. The number of phenolic OH excluding ortho intramolecular Hbond substituents is 1. The van der Waals surface area contributed by atoms with Crippen LogP contribution < -0.4 is 5.73 Å². The molecule has 100 valence electrons. The number of pyridine rings is 1. The summed E-state index contributed by atoms with van der Waals surface area (Å²) in [5, 5.41) is 20.5. The van der Waals surface area contributed by atoms with E-state index in [4.69, 9.17) is 28.9 Å². The minimum atomic E-state index is -1.10. The van der Waals surface area contributed by atoms with Gasteiger partial charge in [-0.05, 0) is 29.8 Å². The molecule has 0 saturated heterocycles. The second-order valence-electron chi connectivity index (χ2n) is 3.98. The molecule has 2 rings (SSSR count). The van der Waals surface area contributed by atoms with Gasteiger partial charge in [-0.15, -0.1) is 0 Å². The Morgan fingerprint density at radius 2 is 2.00 bits per heavy atom. The number of phenols is 1. The Bertz CT molecular complexity index is 605. The van der Waals surface area contributed by atoms with E-state index in [1.165, 1.54) is 18.3 Å². The predicted octanol–water partition coefficient (Wildman–Crippen LogP) is 2.63. The molecule has 0 fully saturated rings. The van der Waals surface area contributed by atoms with E-state index in [1.54, 1.807) is 12.1 Å². The van der Waals surface area contributed by atoms with Crippen LogP contribution in [-0.2, 0) is 6.54 Å². The molecule has 0 amide bonds. The van der Waals surface area contributed by atoms with Crippen LogP contribution in [0.3, 0.4) is 0 Å². The van der Waals surface area contributed by atoms with Gasteiger partial charge in [0.1, 0.15) is 11.9 Å². The lowest BCUT2D eigenvalue weighted by Crippen LogP contribution is -2.05. The van der Waals surface area contributed by atoms with E-state index in [-0.39, 0.29) is 27.9 Å². The van der Waals surface area contributed by atoms with Gasteiger partial charge in [0.2, 0.25) is 0 Å². The highest BCUT2D eigenvalue weighted by atomic mass is 35.5. The number of nitrogens with two attached hydrogens (primary N) is 1. The van der Waals surface area contributed by atoms with Crippen molar-refractivity contribution < 1.29 is 10.2 Å². The van der Waals surface area contributed by atoms with Crippen molar-refractivity contribution in [3.8, 4) is 5.75 Å². The summed E-state index contributed by atoms with van der Waals surface area (Å²) >= 11 is 11.9. The fraction of sp³-hybridized carbons (Fsp3) is 0.154. The second-order valence-corrected chi connectivity index (χ2v) is 4.77. The molecule has 0 aliphatic heterocycles. The van der Waals surface area contributed by atoms with Gasteiger partial charge >= 0.3 is 0 Å². The van der Waals surface area contributed by atoms with E-state index in [0.29, 0.717) is 11.3 Å². The van der Waals surface area contributed by atoms with Gasteiger partial charge in [-0.2, -0.15) is 0 Å². The maximum Gasteiger partial charge on any atom is 0.123 e. The zero-order valence-electron chi connectivity index (χ0n) is 9.85. The van der Waals surface area contributed by atoms with Gasteiger partial charge in [-0.1, -0.05) is 23.2 Å². The number of aliphatic hydroxyl groups is 1. The second kappa shape index (κ2) is 5.75. The number of halogens is 2. The molecule has 1 atom stereocenters. The molecule has 4 N–H and O–H groups in total. The van der Waals surface area contributed by atoms with E-state index in [9.17, 15) is 10.2 Å². The molecule has 1 aromatic carbocycles. The average Bonchev–Trinajstić information content (AvgIpc) is 2.43. The third kappa shape index (κ3) is 2.82. The number of aromatic hydroxyl groups is 1. The summed E-state index contributed by atoms with van der Waals surface area (Å²) in [4.78, 5) is 4.04. The zero-order chi connectivity index (χ0) is 14.0. The third-order valence-corrected chi connectivity index (χ3v) is 3.57. The lowest BCUT2D eigenvalue weighted by Gasteiger charge is -2.16. The Hall–Kier alpha value is -1.33. The van der Waals surface area contributed by atoms with Crippen LogP contribution in [0.25, 0.3) is 0 Å². The SMILES string of the molecule is NCc1cc(C(O)c2c(O)ccc(Cl)c2Cl)ccn1. The van der Waals surface area contributed by atoms with Gasteiger partial charge in [0.05, 0.1) is 15.7 Å². The summed E-state index contributed by atoms with van der Waals surface area (Å²) in [6.07, 6.45) is 0.440. The minimum Gasteiger partial charge on any atom is -0.508 e. The minimum absolute atomic E-state index is 0.118. The Morgan fingerprint density at radius 1 is 1.26 bits per heavy atom. The molecule has 19 heavy (non-hydrogen) atoms. The first kappa shape index (κ1) is 14.1. The number of hydrogen-bond acceptors (Lipinski definition) is 4. The molecule has 0 aliphatic rings. The molecule has 4 nitrogen and oxygen atoms in total. The van der Waals surface area contributed by atoms with Crippen LogP contribution in [0.1, 0.15) is 22.9 Å². The molecule has 1 aromatic heterocycles. The van der Waals surface area contributed by atoms with Crippen molar-refractivity contribution in [2.24, 2.45) is 5.73 Å². The predicted molar refractivity (Wildman–Crippen MR) is 74.3 cm³/mol. The van der Waals surface area contributed by atoms with Crippen molar-refractivity contribution in [3.63, 3.8) is 0 Å². The Kier molecular flexibility index (Phi) is 4.27. The number of hydrogen-bond donors (Lipinski definition) is 3. The van der Waals surface area contributed by atoms with Crippen LogP contribution in [0.4, 0.5) is 0 Å². The molecule has 1 unspecified atom stereocenters. The van der Waals surface area contributed by atoms with Gasteiger partial charge in [-0.3, -0.25) is 4.98 Å². The Morgan fingerprint density at radius 3 is 2.68 bits per heavy atom. The topological polar surface area (TPSA) is 79.4 Å². The maximum absolute atomic E-state index is 10.3. The van der Waals surface area contributed by atoms with Crippen LogP contribution in [0.2, 0.25) is 10.0 Å². The summed E-state index contributed by atoms with van der Waals surface area (Å²) in [6, 6.07) is 6.13. The largest absolute Gasteiger partial charge is 0.508 e. The fourth-order valence-electron chi connectivity index (χ4n) is 1.76. The van der Waals surface area contributed by atoms with Crippen molar-refractivity contribution in [2.75, 3.05) is 0 Å². The van der Waals surface area contributed by atoms with E-state index < -0.39 is 6.10 Å². The monoisotopic (exact) mass is 298 g/mol. The van der Waals surface area contributed by atoms with Crippen LogP contribution >= 0.6 is 23.2 Å². The van der Waals surface area contributed by atoms with E-state index in [2.05, 4.69) is 4.98 Å². The normalized spacial score (nSPS) is 12.4. The summed E-state index contributed by atoms with van der Waals surface area (Å²) < 4.78 is 0. The quantitative estimate of drug-likeness (QED) is 0.814. The molecular weight excluding hydrogens is 287 g/mol. The van der Waals surface area contributed by atoms with Gasteiger partial charge in [0.15, 0.2) is 0 Å². The lowest BCUT2D eigenvalue weighted by atomic mass is 10.0. The zero-order valence-corrected chi connectivity index (χ0v) is 11.4. The van der Waals surface area contributed by atoms with Crippen molar-refractivity contribution in [1.82, 2.24) is 4.98 Å². The summed E-state index contributed by atoms with van der Waals surface area (Å²) in [7, 11) is 0. The first-order valence-corrected chi connectivity index (χ1v) is 6.30. The molecule has 2 aromatic rings. The van der Waals surface area contributed by atoms with Gasteiger partial charge < -0.3 is 15.9 Å². The average molecular weight is 299 g/mol. The Balaban J connectivity index is 2.49. The fourth-order valence-corrected chi connectivity index (χ4v) is 2.19. The lowest BCUT2D eigenvalue weighted by molar-refractivity contribution is 0.215. The van der Waals surface area contributed by atoms with E-state index in [0.717, 1.165) is 0 Å². The number of nitrogens with zero attached hydrogens (tertiary/aromatic N) is 1. The first-order valence-electron chi connectivity index (χ1n) is 5.54. The van der Waals surface area contributed by atoms with Crippen LogP contribution in [0.15, 0.2) is 30.5 Å². The molecule has 0 spiro atoms. The highest BCUT2D eigenvalue weighted by molar-refractivity contribution is 6.42. The summed E-state index contributed by atoms with van der Waals surface area (Å²) in [5.74, 6) is -0.118. The molecule has 6 heteroatoms. The maximum atomic E-state index is 10.3. The van der Waals surface area contributed by atoms with Crippen molar-refractivity contribution in [1.29, 1.82) is 0 Å². The van der Waals surface area contributed by atoms with Gasteiger partial charge in [-0.25, -0.2) is 0 Å². The number of rotatable bonds is 3. The van der Waals surface area contributed by atoms with Crippen LogP contribution in [0, 0.1) is 0 Å². The highest BCUT2D eigenvalue weighted by Gasteiger charge is 2.20. The molecule has 0 aliphatic carbocycles. The standard InChI is InChI=1S/C13H12Cl2N2O2/c14-9-1-2-10(18)11(12(9)15)13(19)7-3-4-17-8(5-7)6-16/h1-5,13,18-19H,6,16H2. The van der Waals surface area contributed by atoms with E-state index in [1.807, 2.05) is 0 Å². The van der Waals surface area contributed by atoms with E-state index >= 15 is 0 Å².